The highest BCUT2D eigenvalue weighted by atomic mass is 35.5. The number of aromatic nitrogens is 3. The second kappa shape index (κ2) is 26.2. The molecule has 7 aliphatic rings. The normalized spacial score (nSPS) is 31.3. The van der Waals surface area contributed by atoms with E-state index in [2.05, 4.69) is 40.2 Å². The van der Waals surface area contributed by atoms with E-state index in [0.717, 1.165) is 29.4 Å². The van der Waals surface area contributed by atoms with E-state index in [9.17, 15) is 34.0 Å². The van der Waals surface area contributed by atoms with E-state index in [0.29, 0.717) is 125 Å². The lowest BCUT2D eigenvalue weighted by Gasteiger charge is -2.63. The van der Waals surface area contributed by atoms with Gasteiger partial charge in [-0.3, -0.25) is 38.6 Å². The molecule has 1 aliphatic carbocycles. The molecule has 11 atom stereocenters. The number of fused-ring (bicyclic) bond motifs is 6. The average molecular weight is 1270 g/mol. The average Bonchev–Trinajstić information content (AvgIpc) is 1.55. The molecule has 6 aliphatic heterocycles. The van der Waals surface area contributed by atoms with E-state index in [1.165, 1.54) is 44.5 Å². The van der Waals surface area contributed by atoms with Crippen LogP contribution in [0.5, 0.6) is 5.75 Å². The Labute approximate surface area is 516 Å². The fraction of sp³-hybridized carbons (Fsp3) is 0.593. The number of para-hydroxylation sites is 1. The maximum Gasteiger partial charge on any atom is 0.344 e. The van der Waals surface area contributed by atoms with E-state index in [1.54, 1.807) is 18.8 Å². The SMILES string of the molecule is CC[C@]1(O)C[C@@H]2CN(CCc3c([nH]c4ccccc34)[C@@](C(=O)OC)(c3ccc4c(c3OC)N(C=O)[C@H]3[C@@](O)(C(=O)OC)[C@H](OC(C)=O)[C@]5(CC)C=CCN6CC[C@]43[C@@H]65)C2)C1.CN(C)/N=N/c1nc[nH]c1C(N)=O.O=P1(N(CCCl)CCCl)NCCCO1. The number of imidazole rings is 1. The van der Waals surface area contributed by atoms with Crippen molar-refractivity contribution in [2.45, 2.75) is 106 Å². The van der Waals surface area contributed by atoms with Crippen LogP contribution in [0.3, 0.4) is 0 Å². The van der Waals surface area contributed by atoms with E-state index in [-0.39, 0.29) is 29.6 Å². The maximum atomic E-state index is 15.2. The number of aliphatic hydroxyl groups is 2. The molecule has 0 radical (unpaired) electrons. The third-order valence-corrected chi connectivity index (χ3v) is 21.3. The van der Waals surface area contributed by atoms with Gasteiger partial charge >= 0.3 is 25.6 Å². The first-order valence-electron chi connectivity index (χ1n) is 29.4. The number of nitrogens with one attached hydrogen (secondary N) is 3. The first-order chi connectivity index (χ1) is 41.6. The highest BCUT2D eigenvalue weighted by Gasteiger charge is 2.81. The predicted octanol–water partition coefficient (Wildman–Crippen LogP) is 5.47. The zero-order valence-corrected chi connectivity index (χ0v) is 53.0. The van der Waals surface area contributed by atoms with E-state index in [4.69, 9.17) is 52.4 Å². The summed E-state index contributed by atoms with van der Waals surface area (Å²) in [5, 5.41) is 38.0. The molecule has 2 bridgehead atoms. The number of nitrogens with zero attached hydrogens (tertiary/aromatic N) is 8. The van der Waals surface area contributed by atoms with Crippen LogP contribution in [0.1, 0.15) is 92.2 Å². The number of ether oxygens (including phenoxy) is 4. The van der Waals surface area contributed by atoms with Crippen LogP contribution >= 0.6 is 30.9 Å². The molecule has 8 heterocycles. The van der Waals surface area contributed by atoms with E-state index < -0.39 is 77.1 Å². The number of hydrogen-bond donors (Lipinski definition) is 6. The molecule has 25 nitrogen and oxygen atoms in total. The topological polar surface area (TPSA) is 312 Å². The van der Waals surface area contributed by atoms with Gasteiger partial charge in [0, 0.05) is 118 Å². The maximum absolute atomic E-state index is 15.2. The van der Waals surface area contributed by atoms with Gasteiger partial charge in [0.2, 0.25) is 17.8 Å². The first-order valence-corrected chi connectivity index (χ1v) is 32.0. The van der Waals surface area contributed by atoms with Gasteiger partial charge in [-0.15, -0.1) is 28.3 Å². The minimum Gasteiger partial charge on any atom is -0.494 e. The van der Waals surface area contributed by atoms with Gasteiger partial charge in [0.25, 0.3) is 5.91 Å². The van der Waals surface area contributed by atoms with E-state index >= 15 is 4.79 Å². The number of methoxy groups -OCH3 is 3. The molecule has 3 saturated heterocycles. The number of primary amides is 1. The van der Waals surface area contributed by atoms with Crippen molar-refractivity contribution in [3.63, 3.8) is 0 Å². The Bertz CT molecular complexity index is 3320. The Morgan fingerprint density at radius 3 is 2.33 bits per heavy atom. The molecule has 2 unspecified atom stereocenters. The van der Waals surface area contributed by atoms with Gasteiger partial charge in [-0.2, -0.15) is 0 Å². The molecule has 2 aromatic heterocycles. The largest absolute Gasteiger partial charge is 0.494 e. The number of H-pyrrole nitrogens is 2. The molecule has 4 fully saturated rings. The lowest BCUT2D eigenvalue weighted by molar-refractivity contribution is -0.228. The summed E-state index contributed by atoms with van der Waals surface area (Å²) < 4.78 is 43.0. The van der Waals surface area contributed by atoms with Crippen LogP contribution in [-0.2, 0) is 59.7 Å². The van der Waals surface area contributed by atoms with Gasteiger partial charge in [-0.05, 0) is 74.6 Å². The molecular formula is C59H81Cl2N12O13P. The number of alkyl halides is 2. The first kappa shape index (κ1) is 65.5. The van der Waals surface area contributed by atoms with Crippen molar-refractivity contribution in [2.75, 3.05) is 111 Å². The third kappa shape index (κ3) is 11.3. The van der Waals surface area contributed by atoms with Gasteiger partial charge in [-0.25, -0.2) is 19.5 Å². The number of anilines is 1. The van der Waals surface area contributed by atoms with Crippen LogP contribution in [0, 0.1) is 11.3 Å². The van der Waals surface area contributed by atoms with Gasteiger partial charge in [0.05, 0.1) is 51.6 Å². The van der Waals surface area contributed by atoms with Crippen molar-refractivity contribution in [3.8, 4) is 5.75 Å². The Morgan fingerprint density at radius 2 is 1.71 bits per heavy atom. The summed E-state index contributed by atoms with van der Waals surface area (Å²) in [7, 11) is 4.62. The second-order valence-electron chi connectivity index (χ2n) is 23.5. The molecule has 87 heavy (non-hydrogen) atoms. The summed E-state index contributed by atoms with van der Waals surface area (Å²) in [5.74, 6) is -1.77. The van der Waals surface area contributed by atoms with Crippen LogP contribution in [0.4, 0.5) is 11.5 Å². The number of halogens is 2. The zero-order chi connectivity index (χ0) is 62.9. The number of rotatable bonds is 16. The molecule has 474 valence electrons. The fourth-order valence-electron chi connectivity index (χ4n) is 15.4. The number of nitrogens with two attached hydrogens (primary N) is 1. The summed E-state index contributed by atoms with van der Waals surface area (Å²) in [6, 6.07) is 10.1. The van der Waals surface area contributed by atoms with E-state index in [1.807, 2.05) is 62.4 Å². The van der Waals surface area contributed by atoms with Crippen molar-refractivity contribution in [1.29, 1.82) is 0 Å². The molecule has 28 heteroatoms. The highest BCUT2D eigenvalue weighted by molar-refractivity contribution is 7.54. The number of benzene rings is 2. The molecule has 2 aromatic carbocycles. The van der Waals surface area contributed by atoms with Crippen molar-refractivity contribution >= 4 is 83.5 Å². The minimum absolute atomic E-state index is 0.158. The van der Waals surface area contributed by atoms with Gasteiger partial charge in [-0.1, -0.05) is 61.6 Å². The molecule has 11 rings (SSSR count). The van der Waals surface area contributed by atoms with Gasteiger partial charge in [0.1, 0.15) is 11.2 Å². The van der Waals surface area contributed by atoms with Gasteiger partial charge < -0.3 is 54.3 Å². The minimum atomic E-state index is -2.84. The Kier molecular flexibility index (Phi) is 19.7. The Balaban J connectivity index is 0.000000274. The number of hydrogen-bond acceptors (Lipinski definition) is 18. The number of carbonyl (C=O) groups excluding carboxylic acids is 5. The summed E-state index contributed by atoms with van der Waals surface area (Å²) >= 11 is 11.2. The lowest BCUT2D eigenvalue weighted by Crippen LogP contribution is -2.81. The van der Waals surface area contributed by atoms with Crippen LogP contribution in [0.25, 0.3) is 10.9 Å². The quantitative estimate of drug-likeness (QED) is 0.0118. The highest BCUT2D eigenvalue weighted by Crippen LogP contribution is 2.69. The number of aromatic amines is 2. The van der Waals surface area contributed by atoms with Gasteiger partial charge in [0.15, 0.2) is 11.8 Å². The molecule has 2 amide bonds. The fourth-order valence-corrected chi connectivity index (χ4v) is 18.0. The Morgan fingerprint density at radius 1 is 0.989 bits per heavy atom. The predicted molar refractivity (Wildman–Crippen MR) is 325 cm³/mol. The molecule has 1 saturated carbocycles. The molecular weight excluding hydrogens is 1190 g/mol. The van der Waals surface area contributed by atoms with Crippen LogP contribution < -0.4 is 20.5 Å². The third-order valence-electron chi connectivity index (χ3n) is 18.6. The van der Waals surface area contributed by atoms with Crippen molar-refractivity contribution < 1.29 is 62.2 Å². The van der Waals surface area contributed by atoms with Crippen molar-refractivity contribution in [2.24, 2.45) is 27.4 Å². The number of piperidine rings is 1. The van der Waals surface area contributed by atoms with Crippen molar-refractivity contribution in [3.05, 3.63) is 83.0 Å². The second-order valence-corrected chi connectivity index (χ2v) is 26.5. The summed E-state index contributed by atoms with van der Waals surface area (Å²) in [6.45, 7) is 10.5. The standard InChI is InChI=1S/C46H56N4O10.C7H15Cl2N2O2P.C6H10N6O/c1-7-42(55)22-28-23-45(40(53)58-5,36-30(16-20-48(24-28)25-42)29-12-9-10-13-33(29)47-36)32-15-14-31-34(35(32)57-4)50(26-51)38-44(31)18-21-49-19-11-17-43(8-2,37(44)49)39(60-27(3)52)46(38,56)41(54)59-6;8-2-5-11(6-3-9)14(12)10-4-1-7-13-14;1-12(2)11-10-6-4(5(7)13)8-3-9-6/h9-15,17,26,28,37-39,47,55-56H,7-8,16,18-25H2,1-6H3;1-7H2,(H,10,12);3H,1-2H3,(H2,7,13)(H,8,9)/b;;11-10+/t28-,37-,38+,39+,42-,43+,44+,45-,46-;;/m0../s1. The number of carbonyl (C=O) groups is 5. The summed E-state index contributed by atoms with van der Waals surface area (Å²) in [5.41, 5.74) is 1.87. The van der Waals surface area contributed by atoms with Crippen LogP contribution in [-0.4, -0.2) is 210 Å². The zero-order valence-electron chi connectivity index (χ0n) is 50.6. The number of esters is 3. The monoisotopic (exact) mass is 1270 g/mol. The lowest BCUT2D eigenvalue weighted by atomic mass is 9.47. The van der Waals surface area contributed by atoms with Crippen LogP contribution in [0.2, 0.25) is 0 Å². The summed E-state index contributed by atoms with van der Waals surface area (Å²) in [4.78, 5) is 83.4. The molecule has 7 N–H and O–H groups in total. The van der Waals surface area contributed by atoms with Crippen LogP contribution in [0.15, 0.2) is 65.2 Å². The smallest absolute Gasteiger partial charge is 0.344 e. The summed E-state index contributed by atoms with van der Waals surface area (Å²) in [6.07, 6.45) is 8.02. The Hall–Kier alpha value is -5.99. The van der Waals surface area contributed by atoms with Crippen molar-refractivity contribution in [1.82, 2.24) is 39.5 Å². The number of amides is 2. The molecule has 1 spiro atoms. The molecule has 4 aromatic rings.